The summed E-state index contributed by atoms with van der Waals surface area (Å²) in [6.45, 7) is 0. The molecule has 0 fully saturated rings. The van der Waals surface area contributed by atoms with Crippen LogP contribution >= 0.6 is 0 Å². The maximum atomic E-state index is 10.4. The lowest BCUT2D eigenvalue weighted by atomic mass is 9.58. The Labute approximate surface area is 141 Å². The lowest BCUT2D eigenvalue weighted by Gasteiger charge is -2.20. The molecule has 4 rings (SSSR count). The third-order valence-electron chi connectivity index (χ3n) is 4.72. The zero-order valence-corrected chi connectivity index (χ0v) is 13.1. The first kappa shape index (κ1) is 14.9. The van der Waals surface area contributed by atoms with E-state index in [4.69, 9.17) is 0 Å². The molecule has 2 nitrogen and oxygen atoms in total. The van der Waals surface area contributed by atoms with Gasteiger partial charge in [0.2, 0.25) is 0 Å². The molecular weight excluding hydrogens is 295 g/mol. The van der Waals surface area contributed by atoms with E-state index in [2.05, 4.69) is 0 Å². The average Bonchev–Trinajstić information content (AvgIpc) is 3.35. The van der Waals surface area contributed by atoms with Crippen LogP contribution in [0.5, 0.6) is 0 Å². The van der Waals surface area contributed by atoms with E-state index >= 15 is 0 Å². The quantitative estimate of drug-likeness (QED) is 0.723. The number of hydrogen-bond donors (Lipinski definition) is 2. The largest absolute Gasteiger partial charge is 0.472 e. The van der Waals surface area contributed by atoms with E-state index in [1.54, 1.807) is 0 Å². The van der Waals surface area contributed by atoms with Crippen LogP contribution < -0.4 is 0 Å². The van der Waals surface area contributed by atoms with Gasteiger partial charge in [-0.15, -0.1) is 0 Å². The minimum Gasteiger partial charge on any atom is -0.426 e. The molecule has 3 aromatic carbocycles. The molecule has 2 N–H and O–H groups in total. The van der Waals surface area contributed by atoms with Gasteiger partial charge in [-0.2, -0.15) is 0 Å². The van der Waals surface area contributed by atoms with Crippen molar-refractivity contribution < 1.29 is 10.0 Å². The monoisotopic (exact) mass is 312 g/mol. The third-order valence-corrected chi connectivity index (χ3v) is 4.72. The summed E-state index contributed by atoms with van der Waals surface area (Å²) in [6, 6.07) is 29.6. The van der Waals surface area contributed by atoms with Gasteiger partial charge in [0.05, 0.1) is 5.31 Å². The molecule has 1 aliphatic carbocycles. The van der Waals surface area contributed by atoms with Crippen molar-refractivity contribution in [2.75, 3.05) is 0 Å². The van der Waals surface area contributed by atoms with Crippen molar-refractivity contribution in [2.45, 2.75) is 5.31 Å². The molecule has 0 unspecified atom stereocenters. The molecule has 0 atom stereocenters. The van der Waals surface area contributed by atoms with Gasteiger partial charge >= 0.3 is 7.12 Å². The zero-order valence-electron chi connectivity index (χ0n) is 13.1. The van der Waals surface area contributed by atoms with Crippen molar-refractivity contribution in [2.24, 2.45) is 0 Å². The molecule has 0 aromatic heterocycles. The summed E-state index contributed by atoms with van der Waals surface area (Å²) < 4.78 is 0. The maximum Gasteiger partial charge on any atom is 0.472 e. The summed E-state index contributed by atoms with van der Waals surface area (Å²) in [6.07, 6.45) is 0. The molecule has 0 saturated carbocycles. The molecule has 0 amide bonds. The summed E-state index contributed by atoms with van der Waals surface area (Å²) in [5.41, 5.74) is 4.91. The molecule has 0 spiro atoms. The van der Waals surface area contributed by atoms with Gasteiger partial charge in [-0.05, 0) is 27.8 Å². The van der Waals surface area contributed by atoms with Gasteiger partial charge in [-0.1, -0.05) is 91.0 Å². The number of allylic oxidation sites excluding steroid dienone is 2. The van der Waals surface area contributed by atoms with Crippen LogP contribution in [0, 0.1) is 0 Å². The highest BCUT2D eigenvalue weighted by Gasteiger charge is 2.62. The highest BCUT2D eigenvalue weighted by Crippen LogP contribution is 2.64. The molecule has 0 radical (unpaired) electrons. The van der Waals surface area contributed by atoms with Gasteiger partial charge in [0.25, 0.3) is 0 Å². The van der Waals surface area contributed by atoms with Crippen molar-refractivity contribution in [1.82, 2.24) is 0 Å². The summed E-state index contributed by atoms with van der Waals surface area (Å²) in [5.74, 6) is 0. The van der Waals surface area contributed by atoms with Crippen molar-refractivity contribution in [3.05, 3.63) is 108 Å². The molecule has 0 heterocycles. The standard InChI is InChI=1S/C21H17BO2/c23-22(24)21(18-14-8-3-9-15-18)19(16-10-4-1-5-11-16)20(21)17-12-6-2-7-13-17/h1-15,23-24H. The average molecular weight is 312 g/mol. The van der Waals surface area contributed by atoms with Gasteiger partial charge in [0.1, 0.15) is 0 Å². The highest BCUT2D eigenvalue weighted by molar-refractivity contribution is 6.61. The van der Waals surface area contributed by atoms with Crippen LogP contribution in [-0.2, 0) is 5.31 Å². The smallest absolute Gasteiger partial charge is 0.426 e. The minimum absolute atomic E-state index is 0.871. The van der Waals surface area contributed by atoms with E-state index < -0.39 is 12.4 Å². The molecule has 116 valence electrons. The molecule has 1 aliphatic rings. The van der Waals surface area contributed by atoms with Crippen molar-refractivity contribution >= 4 is 18.3 Å². The Hall–Kier alpha value is -2.62. The summed E-state index contributed by atoms with van der Waals surface area (Å²) in [4.78, 5) is 0. The molecule has 0 saturated heterocycles. The van der Waals surface area contributed by atoms with Gasteiger partial charge in [-0.3, -0.25) is 0 Å². The van der Waals surface area contributed by atoms with Crippen LogP contribution in [0.3, 0.4) is 0 Å². The number of benzene rings is 3. The summed E-state index contributed by atoms with van der Waals surface area (Å²) >= 11 is 0. The topological polar surface area (TPSA) is 40.5 Å². The first-order chi connectivity index (χ1) is 11.8. The Balaban J connectivity index is 1.95. The fourth-order valence-corrected chi connectivity index (χ4v) is 3.65. The van der Waals surface area contributed by atoms with Crippen molar-refractivity contribution in [3.63, 3.8) is 0 Å². The van der Waals surface area contributed by atoms with Gasteiger partial charge < -0.3 is 10.0 Å². The van der Waals surface area contributed by atoms with Crippen molar-refractivity contribution in [1.29, 1.82) is 0 Å². The van der Waals surface area contributed by atoms with E-state index in [1.807, 2.05) is 91.0 Å². The Kier molecular flexibility index (Phi) is 3.60. The Morgan fingerprint density at radius 3 is 1.29 bits per heavy atom. The summed E-state index contributed by atoms with van der Waals surface area (Å²) in [5, 5.41) is 19.9. The van der Waals surface area contributed by atoms with E-state index in [0.717, 1.165) is 27.8 Å². The van der Waals surface area contributed by atoms with E-state index in [9.17, 15) is 10.0 Å². The number of hydrogen-bond acceptors (Lipinski definition) is 2. The van der Waals surface area contributed by atoms with Gasteiger partial charge in [0.15, 0.2) is 0 Å². The molecule has 24 heavy (non-hydrogen) atoms. The first-order valence-electron chi connectivity index (χ1n) is 8.04. The molecule has 3 aromatic rings. The fourth-order valence-electron chi connectivity index (χ4n) is 3.65. The van der Waals surface area contributed by atoms with Crippen LogP contribution in [-0.4, -0.2) is 17.2 Å². The van der Waals surface area contributed by atoms with Gasteiger partial charge in [-0.25, -0.2) is 0 Å². The normalized spacial score (nSPS) is 15.2. The predicted molar refractivity (Wildman–Crippen MR) is 98.0 cm³/mol. The highest BCUT2D eigenvalue weighted by atomic mass is 16.4. The third kappa shape index (κ3) is 2.14. The van der Waals surface area contributed by atoms with Crippen LogP contribution in [0.4, 0.5) is 0 Å². The van der Waals surface area contributed by atoms with E-state index in [0.29, 0.717) is 0 Å². The fraction of sp³-hybridized carbons (Fsp3) is 0.0476. The molecule has 0 bridgehead atoms. The van der Waals surface area contributed by atoms with Crippen LogP contribution in [0.2, 0.25) is 0 Å². The Morgan fingerprint density at radius 1 is 0.542 bits per heavy atom. The predicted octanol–water partition coefficient (Wildman–Crippen LogP) is 3.56. The van der Waals surface area contributed by atoms with Crippen molar-refractivity contribution in [3.8, 4) is 0 Å². The second-order valence-electron chi connectivity index (χ2n) is 6.03. The van der Waals surface area contributed by atoms with Crippen LogP contribution in [0.25, 0.3) is 11.1 Å². The Morgan fingerprint density at radius 2 is 0.917 bits per heavy atom. The molecule has 0 aliphatic heterocycles. The van der Waals surface area contributed by atoms with E-state index in [1.165, 1.54) is 0 Å². The second kappa shape index (κ2) is 5.79. The zero-order chi connectivity index (χ0) is 16.6. The minimum atomic E-state index is -1.50. The maximum absolute atomic E-state index is 10.4. The van der Waals surface area contributed by atoms with Crippen LogP contribution in [0.1, 0.15) is 16.7 Å². The molecule has 3 heteroatoms. The van der Waals surface area contributed by atoms with Gasteiger partial charge in [0, 0.05) is 0 Å². The van der Waals surface area contributed by atoms with E-state index in [-0.39, 0.29) is 0 Å². The molecular formula is C21H17BO2. The lowest BCUT2D eigenvalue weighted by Crippen LogP contribution is -2.35. The summed E-state index contributed by atoms with van der Waals surface area (Å²) in [7, 11) is -1.50. The Bertz CT molecular complexity index is 822. The number of rotatable bonds is 4. The lowest BCUT2D eigenvalue weighted by molar-refractivity contribution is 0.391. The first-order valence-corrected chi connectivity index (χ1v) is 8.04. The van der Waals surface area contributed by atoms with Crippen LogP contribution in [0.15, 0.2) is 91.0 Å². The SMILES string of the molecule is OB(O)C1(c2ccccc2)C(c2ccccc2)=C1c1ccccc1. The second-order valence-corrected chi connectivity index (χ2v) is 6.03.